The molecule has 3 aliphatic heterocycles. The van der Waals surface area contributed by atoms with Gasteiger partial charge in [-0.15, -0.1) is 0 Å². The van der Waals surface area contributed by atoms with Crippen molar-refractivity contribution in [3.63, 3.8) is 0 Å². The molecule has 47 heavy (non-hydrogen) atoms. The number of hydrogen-bond donors (Lipinski definition) is 2. The van der Waals surface area contributed by atoms with Crippen LogP contribution in [0.25, 0.3) is 0 Å². The lowest BCUT2D eigenvalue weighted by molar-refractivity contribution is -0.278. The van der Waals surface area contributed by atoms with Gasteiger partial charge in [-0.05, 0) is 16.7 Å². The van der Waals surface area contributed by atoms with E-state index in [-0.39, 0.29) is 31.3 Å². The van der Waals surface area contributed by atoms with Gasteiger partial charge in [-0.3, -0.25) is 4.79 Å². The van der Waals surface area contributed by atoms with Gasteiger partial charge in [-0.1, -0.05) is 55.5 Å². The fraction of sp³-hybridized carbons (Fsp3) is 0.441. The Balaban J connectivity index is 1.16. The number of hydrogen-bond acceptors (Lipinski definition) is 7. The van der Waals surface area contributed by atoms with Gasteiger partial charge in [0, 0.05) is 50.5 Å². The highest BCUT2D eigenvalue weighted by atomic mass is 19.2. The van der Waals surface area contributed by atoms with Gasteiger partial charge in [-0.2, -0.15) is 0 Å². The number of likely N-dealkylation sites (tertiary alicyclic amines) is 1. The number of benzene rings is 3. The lowest BCUT2D eigenvalue weighted by Crippen LogP contribution is -2.50. The quantitative estimate of drug-likeness (QED) is 0.189. The van der Waals surface area contributed by atoms with Crippen molar-refractivity contribution in [3.8, 4) is 0 Å². The average molecular weight is 663 g/mol. The minimum atomic E-state index is -2.34. The molecule has 0 aromatic heterocycles. The predicted molar refractivity (Wildman–Crippen MR) is 157 cm³/mol. The zero-order valence-electron chi connectivity index (χ0n) is 25.6. The van der Waals surface area contributed by atoms with E-state index in [0.717, 1.165) is 37.1 Å². The van der Waals surface area contributed by atoms with Gasteiger partial charge in [0.25, 0.3) is 5.91 Å². The highest BCUT2D eigenvalue weighted by molar-refractivity contribution is 5.94. The Labute approximate surface area is 268 Å². The molecular weight excluding hydrogens is 627 g/mol. The van der Waals surface area contributed by atoms with E-state index in [1.165, 1.54) is 0 Å². The van der Waals surface area contributed by atoms with E-state index in [0.29, 0.717) is 30.9 Å². The van der Waals surface area contributed by atoms with Gasteiger partial charge >= 0.3 is 0 Å². The van der Waals surface area contributed by atoms with Gasteiger partial charge in [0.2, 0.25) is 5.82 Å². The second-order valence-corrected chi connectivity index (χ2v) is 12.1. The van der Waals surface area contributed by atoms with Crippen molar-refractivity contribution in [3.05, 3.63) is 105 Å². The molecule has 3 saturated heterocycles. The number of aliphatic hydroxyl groups is 1. The topological polar surface area (TPSA) is 89.5 Å². The zero-order chi connectivity index (χ0) is 33.3. The van der Waals surface area contributed by atoms with Crippen LogP contribution in [0.15, 0.2) is 48.5 Å². The molecule has 0 unspecified atom stereocenters. The summed E-state index contributed by atoms with van der Waals surface area (Å²) < 4.78 is 93.5. The van der Waals surface area contributed by atoms with Crippen LogP contribution in [-0.2, 0) is 32.1 Å². The molecule has 8 nitrogen and oxygen atoms in total. The zero-order valence-corrected chi connectivity index (χ0v) is 25.6. The Hall–Kier alpha value is -3.46. The Morgan fingerprint density at radius 2 is 1.38 bits per heavy atom. The van der Waals surface area contributed by atoms with Crippen LogP contribution in [0.3, 0.4) is 0 Å². The summed E-state index contributed by atoms with van der Waals surface area (Å²) in [6.07, 6.45) is 0.235. The van der Waals surface area contributed by atoms with E-state index >= 15 is 0 Å². The van der Waals surface area contributed by atoms with E-state index in [4.69, 9.17) is 18.9 Å². The van der Waals surface area contributed by atoms with Crippen LogP contribution in [0.1, 0.15) is 64.8 Å². The molecule has 252 valence electrons. The molecule has 13 heteroatoms. The number of rotatable bonds is 8. The second kappa shape index (κ2) is 14.0. The number of ether oxygens (including phenoxy) is 4. The molecule has 0 radical (unpaired) electrons. The van der Waals surface area contributed by atoms with Crippen LogP contribution in [-0.4, -0.2) is 60.7 Å². The molecule has 2 N–H and O–H groups in total. The van der Waals surface area contributed by atoms with Crippen molar-refractivity contribution in [1.82, 2.24) is 10.2 Å². The van der Waals surface area contributed by atoms with Crippen molar-refractivity contribution in [1.29, 1.82) is 0 Å². The number of nitrogens with zero attached hydrogens (tertiary/aromatic N) is 1. The lowest BCUT2D eigenvalue weighted by atomic mass is 9.89. The normalized spacial score (nSPS) is 24.5. The Morgan fingerprint density at radius 3 is 1.98 bits per heavy atom. The molecular formula is C34H35F5N2O6. The Bertz CT molecular complexity index is 1550. The van der Waals surface area contributed by atoms with Crippen LogP contribution in [0, 0.1) is 35.0 Å². The molecule has 1 amide bonds. The summed E-state index contributed by atoms with van der Waals surface area (Å²) in [5, 5.41) is 11.7. The van der Waals surface area contributed by atoms with E-state index in [9.17, 15) is 31.9 Å². The van der Waals surface area contributed by atoms with Crippen LogP contribution in [0.5, 0.6) is 0 Å². The minimum absolute atomic E-state index is 0.0301. The minimum Gasteiger partial charge on any atom is -0.392 e. The third-order valence-corrected chi connectivity index (χ3v) is 9.13. The van der Waals surface area contributed by atoms with Crippen molar-refractivity contribution in [2.75, 3.05) is 32.8 Å². The summed E-state index contributed by atoms with van der Waals surface area (Å²) in [4.78, 5) is 14.7. The number of halogens is 5. The highest BCUT2D eigenvalue weighted by Crippen LogP contribution is 2.42. The van der Waals surface area contributed by atoms with Crippen LogP contribution < -0.4 is 5.32 Å². The molecule has 0 aliphatic carbocycles. The van der Waals surface area contributed by atoms with Crippen LogP contribution in [0.4, 0.5) is 22.0 Å². The summed E-state index contributed by atoms with van der Waals surface area (Å²) in [6, 6.07) is 14.3. The SMILES string of the molecule is C[C@@H]1[C@H](CN2CCC3(CC2)OCCO3)O[C@H](c2ccc(CNC(=O)c3c(F)c(F)c(F)c(F)c3F)cc2)O[C@@H]1c1ccc(CO)cc1. The predicted octanol–water partition coefficient (Wildman–Crippen LogP) is 5.43. The first-order valence-electron chi connectivity index (χ1n) is 15.5. The molecule has 3 aromatic rings. The Kier molecular flexibility index (Phi) is 9.93. The number of nitrogens with one attached hydrogen (secondary N) is 1. The molecule has 1 spiro atoms. The second-order valence-electron chi connectivity index (χ2n) is 12.1. The first kappa shape index (κ1) is 33.4. The van der Waals surface area contributed by atoms with E-state index in [2.05, 4.69) is 17.1 Å². The van der Waals surface area contributed by atoms with Gasteiger partial charge in [0.15, 0.2) is 35.3 Å². The third kappa shape index (κ3) is 6.92. The fourth-order valence-electron chi connectivity index (χ4n) is 6.31. The first-order valence-corrected chi connectivity index (χ1v) is 15.5. The van der Waals surface area contributed by atoms with E-state index in [1.54, 1.807) is 24.3 Å². The smallest absolute Gasteiger partial charge is 0.257 e. The molecule has 4 atom stereocenters. The Morgan fingerprint density at radius 1 is 0.830 bits per heavy atom. The summed E-state index contributed by atoms with van der Waals surface area (Å²) in [6.45, 7) is 5.21. The van der Waals surface area contributed by atoms with Gasteiger partial charge < -0.3 is 34.3 Å². The summed E-state index contributed by atoms with van der Waals surface area (Å²) in [5.41, 5.74) is 1.35. The number of carbonyl (C=O) groups excluding carboxylic acids is 1. The number of amides is 1. The maximum absolute atomic E-state index is 14.1. The molecule has 3 heterocycles. The number of carbonyl (C=O) groups is 1. The van der Waals surface area contributed by atoms with E-state index in [1.807, 2.05) is 24.3 Å². The molecule has 3 aliphatic rings. The van der Waals surface area contributed by atoms with E-state index < -0.39 is 52.6 Å². The summed E-state index contributed by atoms with van der Waals surface area (Å²) in [5.74, 6) is -13.1. The third-order valence-electron chi connectivity index (χ3n) is 9.13. The highest BCUT2D eigenvalue weighted by Gasteiger charge is 2.43. The summed E-state index contributed by atoms with van der Waals surface area (Å²) in [7, 11) is 0. The van der Waals surface area contributed by atoms with Gasteiger partial charge in [-0.25, -0.2) is 22.0 Å². The lowest BCUT2D eigenvalue weighted by Gasteiger charge is -2.44. The number of aliphatic hydroxyl groups excluding tert-OH is 1. The monoisotopic (exact) mass is 662 g/mol. The average Bonchev–Trinajstić information content (AvgIpc) is 3.55. The molecule has 3 fully saturated rings. The number of piperidine rings is 1. The maximum atomic E-state index is 14.1. The van der Waals surface area contributed by atoms with Crippen molar-refractivity contribution in [2.24, 2.45) is 5.92 Å². The van der Waals surface area contributed by atoms with Gasteiger partial charge in [0.05, 0.1) is 32.0 Å². The largest absolute Gasteiger partial charge is 0.392 e. The van der Waals surface area contributed by atoms with Crippen molar-refractivity contribution >= 4 is 5.91 Å². The van der Waals surface area contributed by atoms with Crippen molar-refractivity contribution in [2.45, 2.75) is 57.2 Å². The van der Waals surface area contributed by atoms with Crippen molar-refractivity contribution < 1.29 is 50.8 Å². The maximum Gasteiger partial charge on any atom is 0.257 e. The standard InChI is InChI=1S/C34H35F5N2O6/c1-19-24(17-41-12-10-34(11-13-41)44-14-15-45-34)46-33(47-31(19)22-6-4-21(18-42)5-7-22)23-8-2-20(3-9-23)16-40-32(43)25-26(35)28(37)30(39)29(38)27(25)36/h2-9,19,24,31,33,42H,10-18H2,1H3,(H,40,43)/t19-,24+,31+,33+/m1/s1. The summed E-state index contributed by atoms with van der Waals surface area (Å²) >= 11 is 0. The molecule has 3 aromatic carbocycles. The molecule has 0 bridgehead atoms. The molecule has 0 saturated carbocycles. The van der Waals surface area contributed by atoms with Crippen LogP contribution >= 0.6 is 0 Å². The molecule has 6 rings (SSSR count). The van der Waals surface area contributed by atoms with Gasteiger partial charge in [0.1, 0.15) is 5.56 Å². The van der Waals surface area contributed by atoms with Crippen LogP contribution in [0.2, 0.25) is 0 Å². The fourth-order valence-corrected chi connectivity index (χ4v) is 6.31. The first-order chi connectivity index (χ1) is 22.6.